The average molecular weight is 366 g/mol. The SMILES string of the molecule is CCCCCC=C(CCCCCCCCCCCCCCCC)C(N)=O. The molecule has 0 aliphatic rings. The van der Waals surface area contributed by atoms with Crippen LogP contribution in [-0.4, -0.2) is 5.91 Å². The summed E-state index contributed by atoms with van der Waals surface area (Å²) < 4.78 is 0. The molecule has 0 atom stereocenters. The van der Waals surface area contributed by atoms with Gasteiger partial charge in [0.15, 0.2) is 0 Å². The Hall–Kier alpha value is -0.790. The Labute approximate surface area is 164 Å². The van der Waals surface area contributed by atoms with Crippen molar-refractivity contribution in [1.29, 1.82) is 0 Å². The molecule has 1 amide bonds. The molecule has 0 heterocycles. The zero-order valence-electron chi connectivity index (χ0n) is 18.0. The lowest BCUT2D eigenvalue weighted by atomic mass is 10.0. The lowest BCUT2D eigenvalue weighted by Gasteiger charge is -2.05. The monoisotopic (exact) mass is 365 g/mol. The fourth-order valence-electron chi connectivity index (χ4n) is 3.51. The van der Waals surface area contributed by atoms with E-state index in [2.05, 4.69) is 19.9 Å². The van der Waals surface area contributed by atoms with Crippen molar-refractivity contribution in [3.05, 3.63) is 11.6 Å². The van der Waals surface area contributed by atoms with Crippen LogP contribution in [0.25, 0.3) is 0 Å². The van der Waals surface area contributed by atoms with Crippen LogP contribution in [0.15, 0.2) is 11.6 Å². The Bertz CT molecular complexity index is 335. The van der Waals surface area contributed by atoms with Crippen molar-refractivity contribution in [3.63, 3.8) is 0 Å². The molecule has 26 heavy (non-hydrogen) atoms. The topological polar surface area (TPSA) is 43.1 Å². The van der Waals surface area contributed by atoms with Crippen molar-refractivity contribution in [3.8, 4) is 0 Å². The van der Waals surface area contributed by atoms with Crippen molar-refractivity contribution in [2.75, 3.05) is 0 Å². The number of primary amides is 1. The summed E-state index contributed by atoms with van der Waals surface area (Å²) in [5.74, 6) is -0.212. The van der Waals surface area contributed by atoms with E-state index in [0.717, 1.165) is 24.8 Å². The van der Waals surface area contributed by atoms with E-state index in [1.54, 1.807) is 0 Å². The maximum Gasteiger partial charge on any atom is 0.244 e. The van der Waals surface area contributed by atoms with Gasteiger partial charge < -0.3 is 5.73 Å². The number of rotatable bonds is 20. The summed E-state index contributed by atoms with van der Waals surface area (Å²) >= 11 is 0. The van der Waals surface area contributed by atoms with Gasteiger partial charge in [0.1, 0.15) is 0 Å². The van der Waals surface area contributed by atoms with Gasteiger partial charge in [-0.3, -0.25) is 4.79 Å². The Kier molecular flexibility index (Phi) is 19.9. The van der Waals surface area contributed by atoms with E-state index >= 15 is 0 Å². The Morgan fingerprint density at radius 1 is 0.615 bits per heavy atom. The molecule has 0 fully saturated rings. The third-order valence-corrected chi connectivity index (χ3v) is 5.31. The van der Waals surface area contributed by atoms with E-state index in [0.29, 0.717) is 0 Å². The van der Waals surface area contributed by atoms with Gasteiger partial charge in [0.25, 0.3) is 0 Å². The summed E-state index contributed by atoms with van der Waals surface area (Å²) in [5, 5.41) is 0. The maximum atomic E-state index is 11.5. The van der Waals surface area contributed by atoms with E-state index in [9.17, 15) is 4.79 Å². The molecule has 0 spiro atoms. The van der Waals surface area contributed by atoms with Crippen LogP contribution in [-0.2, 0) is 4.79 Å². The number of carbonyl (C=O) groups is 1. The minimum atomic E-state index is -0.212. The average Bonchev–Trinajstić information content (AvgIpc) is 2.63. The molecular weight excluding hydrogens is 318 g/mol. The van der Waals surface area contributed by atoms with Gasteiger partial charge in [0.2, 0.25) is 5.91 Å². The van der Waals surface area contributed by atoms with Crippen molar-refractivity contribution < 1.29 is 4.79 Å². The van der Waals surface area contributed by atoms with Crippen LogP contribution >= 0.6 is 0 Å². The number of unbranched alkanes of at least 4 members (excludes halogenated alkanes) is 16. The second kappa shape index (κ2) is 20.5. The standard InChI is InChI=1S/C24H47NO/c1-3-5-7-9-10-11-12-13-14-15-16-17-18-20-22-23(24(25)26)21-19-8-6-4-2/h21H,3-20,22H2,1-2H3,(H2,25,26). The zero-order valence-corrected chi connectivity index (χ0v) is 18.0. The predicted molar refractivity (Wildman–Crippen MR) is 116 cm³/mol. The van der Waals surface area contributed by atoms with Crippen LogP contribution in [0.5, 0.6) is 0 Å². The molecule has 0 saturated heterocycles. The van der Waals surface area contributed by atoms with Crippen LogP contribution in [0, 0.1) is 0 Å². The van der Waals surface area contributed by atoms with Crippen molar-refractivity contribution >= 4 is 5.91 Å². The minimum absolute atomic E-state index is 0.212. The summed E-state index contributed by atoms with van der Waals surface area (Å²) in [6.07, 6.45) is 26.7. The molecule has 0 rings (SSSR count). The molecule has 2 nitrogen and oxygen atoms in total. The summed E-state index contributed by atoms with van der Waals surface area (Å²) in [7, 11) is 0. The van der Waals surface area contributed by atoms with Crippen molar-refractivity contribution in [2.24, 2.45) is 5.73 Å². The molecule has 0 saturated carbocycles. The molecule has 0 aromatic rings. The van der Waals surface area contributed by atoms with Gasteiger partial charge in [-0.2, -0.15) is 0 Å². The Morgan fingerprint density at radius 2 is 1.00 bits per heavy atom. The molecule has 0 aliphatic carbocycles. The lowest BCUT2D eigenvalue weighted by Crippen LogP contribution is -2.14. The third kappa shape index (κ3) is 18.0. The second-order valence-corrected chi connectivity index (χ2v) is 7.94. The van der Waals surface area contributed by atoms with Crippen LogP contribution in [0.1, 0.15) is 136 Å². The van der Waals surface area contributed by atoms with Gasteiger partial charge in [0, 0.05) is 5.57 Å². The Morgan fingerprint density at radius 3 is 1.42 bits per heavy atom. The smallest absolute Gasteiger partial charge is 0.244 e. The number of hydrogen-bond acceptors (Lipinski definition) is 1. The highest BCUT2D eigenvalue weighted by Gasteiger charge is 2.04. The van der Waals surface area contributed by atoms with Gasteiger partial charge in [0.05, 0.1) is 0 Å². The van der Waals surface area contributed by atoms with E-state index in [1.165, 1.54) is 103 Å². The minimum Gasteiger partial charge on any atom is -0.366 e. The first-order valence-corrected chi connectivity index (χ1v) is 11.7. The predicted octanol–water partition coefficient (Wildman–Crippen LogP) is 7.85. The number of amides is 1. The summed E-state index contributed by atoms with van der Waals surface area (Å²) in [6, 6.07) is 0. The molecule has 154 valence electrons. The first-order valence-electron chi connectivity index (χ1n) is 11.7. The first kappa shape index (κ1) is 25.2. The molecule has 0 aliphatic heterocycles. The van der Waals surface area contributed by atoms with Crippen LogP contribution in [0.4, 0.5) is 0 Å². The number of carbonyl (C=O) groups excluding carboxylic acids is 1. The van der Waals surface area contributed by atoms with Crippen LogP contribution in [0.2, 0.25) is 0 Å². The third-order valence-electron chi connectivity index (χ3n) is 5.31. The summed E-state index contributed by atoms with van der Waals surface area (Å²) in [6.45, 7) is 4.48. The fraction of sp³-hybridized carbons (Fsp3) is 0.875. The zero-order chi connectivity index (χ0) is 19.3. The number of nitrogens with two attached hydrogens (primary N) is 1. The van der Waals surface area contributed by atoms with Crippen molar-refractivity contribution in [2.45, 2.75) is 136 Å². The number of allylic oxidation sites excluding steroid dienone is 1. The largest absolute Gasteiger partial charge is 0.366 e. The summed E-state index contributed by atoms with van der Waals surface area (Å²) in [4.78, 5) is 11.5. The molecule has 0 unspecified atom stereocenters. The van der Waals surface area contributed by atoms with E-state index in [-0.39, 0.29) is 5.91 Å². The highest BCUT2D eigenvalue weighted by molar-refractivity contribution is 5.91. The summed E-state index contributed by atoms with van der Waals surface area (Å²) in [5.41, 5.74) is 6.36. The molecular formula is C24H47NO. The fourth-order valence-corrected chi connectivity index (χ4v) is 3.51. The highest BCUT2D eigenvalue weighted by Crippen LogP contribution is 2.15. The molecule has 0 aromatic heterocycles. The van der Waals surface area contributed by atoms with Crippen molar-refractivity contribution in [1.82, 2.24) is 0 Å². The van der Waals surface area contributed by atoms with E-state index in [1.807, 2.05) is 0 Å². The number of hydrogen-bond donors (Lipinski definition) is 1. The molecule has 0 radical (unpaired) electrons. The normalized spacial score (nSPS) is 11.8. The van der Waals surface area contributed by atoms with Gasteiger partial charge >= 0.3 is 0 Å². The van der Waals surface area contributed by atoms with Gasteiger partial charge in [-0.1, -0.05) is 116 Å². The molecule has 0 aromatic carbocycles. The molecule has 2 N–H and O–H groups in total. The van der Waals surface area contributed by atoms with Crippen LogP contribution < -0.4 is 5.73 Å². The van der Waals surface area contributed by atoms with Gasteiger partial charge in [-0.05, 0) is 25.7 Å². The van der Waals surface area contributed by atoms with E-state index in [4.69, 9.17) is 5.73 Å². The Balaban J connectivity index is 3.41. The van der Waals surface area contributed by atoms with E-state index < -0.39 is 0 Å². The second-order valence-electron chi connectivity index (χ2n) is 7.94. The van der Waals surface area contributed by atoms with Gasteiger partial charge in [-0.25, -0.2) is 0 Å². The molecule has 0 bridgehead atoms. The highest BCUT2D eigenvalue weighted by atomic mass is 16.1. The quantitative estimate of drug-likeness (QED) is 0.173. The first-order chi connectivity index (χ1) is 12.7. The lowest BCUT2D eigenvalue weighted by molar-refractivity contribution is -0.114. The maximum absolute atomic E-state index is 11.5. The van der Waals surface area contributed by atoms with Gasteiger partial charge in [-0.15, -0.1) is 0 Å². The molecule has 2 heteroatoms. The van der Waals surface area contributed by atoms with Crippen LogP contribution in [0.3, 0.4) is 0 Å².